The van der Waals surface area contributed by atoms with Crippen LogP contribution in [0.1, 0.15) is 28.1 Å². The summed E-state index contributed by atoms with van der Waals surface area (Å²) in [6, 6.07) is 7.03. The molecule has 8 heteroatoms. The highest BCUT2D eigenvalue weighted by atomic mass is 32.1. The first-order valence-corrected chi connectivity index (χ1v) is 9.42. The highest BCUT2D eigenvalue weighted by molar-refractivity contribution is 7.20. The number of hydrogen-bond donors (Lipinski definition) is 2. The van der Waals surface area contributed by atoms with E-state index in [0.29, 0.717) is 32.0 Å². The Morgan fingerprint density at radius 3 is 2.63 bits per heavy atom. The van der Waals surface area contributed by atoms with Gasteiger partial charge >= 0.3 is 0 Å². The van der Waals surface area contributed by atoms with Gasteiger partial charge in [-0.3, -0.25) is 14.4 Å². The summed E-state index contributed by atoms with van der Waals surface area (Å²) in [6.45, 7) is 1.75. The molecule has 27 heavy (non-hydrogen) atoms. The molecule has 4 rings (SSSR count). The molecule has 0 unspecified atom stereocenters. The van der Waals surface area contributed by atoms with Crippen LogP contribution >= 0.6 is 11.3 Å². The minimum absolute atomic E-state index is 0.0146. The quantitative estimate of drug-likeness (QED) is 0.726. The fourth-order valence-electron chi connectivity index (χ4n) is 2.88. The molecular weight excluding hydrogens is 364 g/mol. The van der Waals surface area contributed by atoms with Gasteiger partial charge in [0, 0.05) is 24.3 Å². The van der Waals surface area contributed by atoms with E-state index in [1.54, 1.807) is 38.2 Å². The number of carbonyl (C=O) groups excluding carboxylic acids is 2. The predicted molar refractivity (Wildman–Crippen MR) is 105 cm³/mol. The number of benzene rings is 1. The molecule has 1 aliphatic carbocycles. The zero-order valence-corrected chi connectivity index (χ0v) is 15.7. The lowest BCUT2D eigenvalue weighted by Crippen LogP contribution is -2.17. The molecule has 0 radical (unpaired) electrons. The molecule has 3 aromatic rings. The van der Waals surface area contributed by atoms with E-state index >= 15 is 0 Å². The van der Waals surface area contributed by atoms with Gasteiger partial charge in [0.1, 0.15) is 4.83 Å². The standard InChI is InChI=1S/C19H18N4O3S/c1-10-14-18(20-9-23(2)19(14)26)27-15(10)17(25)22-13-5-3-4-12(8-13)21-16(24)11-6-7-11/h3-5,8-9,11H,6-7H2,1-2H3,(H,21,24)(H,22,25). The Labute approximate surface area is 159 Å². The summed E-state index contributed by atoms with van der Waals surface area (Å²) in [6.07, 6.45) is 3.32. The minimum atomic E-state index is -0.303. The van der Waals surface area contributed by atoms with E-state index in [1.165, 1.54) is 22.2 Å². The smallest absolute Gasteiger partial charge is 0.266 e. The Balaban J connectivity index is 1.58. The summed E-state index contributed by atoms with van der Waals surface area (Å²) in [7, 11) is 1.63. The average molecular weight is 382 g/mol. The van der Waals surface area contributed by atoms with Crippen molar-refractivity contribution >= 4 is 44.7 Å². The molecule has 0 atom stereocenters. The summed E-state index contributed by atoms with van der Waals surface area (Å²) < 4.78 is 1.40. The molecule has 2 heterocycles. The van der Waals surface area contributed by atoms with Crippen molar-refractivity contribution < 1.29 is 9.59 Å². The molecule has 1 fully saturated rings. The second kappa shape index (κ2) is 6.62. The van der Waals surface area contributed by atoms with Gasteiger partial charge in [0.05, 0.1) is 16.6 Å². The van der Waals surface area contributed by atoms with Crippen LogP contribution in [0.25, 0.3) is 10.2 Å². The number of nitrogens with one attached hydrogen (secondary N) is 2. The van der Waals surface area contributed by atoms with Gasteiger partial charge in [-0.05, 0) is 43.5 Å². The van der Waals surface area contributed by atoms with E-state index < -0.39 is 0 Å². The number of amides is 2. The number of thiophene rings is 1. The van der Waals surface area contributed by atoms with Crippen LogP contribution in [0.3, 0.4) is 0 Å². The third-order valence-corrected chi connectivity index (χ3v) is 5.75. The fourth-order valence-corrected chi connectivity index (χ4v) is 3.91. The van der Waals surface area contributed by atoms with E-state index in [1.807, 2.05) is 0 Å². The van der Waals surface area contributed by atoms with Gasteiger partial charge in [-0.25, -0.2) is 4.98 Å². The van der Waals surface area contributed by atoms with Crippen LogP contribution in [-0.2, 0) is 11.8 Å². The van der Waals surface area contributed by atoms with Gasteiger partial charge in [0.2, 0.25) is 5.91 Å². The van der Waals surface area contributed by atoms with Crippen LogP contribution in [0.2, 0.25) is 0 Å². The van der Waals surface area contributed by atoms with Crippen molar-refractivity contribution in [3.63, 3.8) is 0 Å². The maximum atomic E-state index is 12.7. The van der Waals surface area contributed by atoms with Crippen LogP contribution in [0.4, 0.5) is 11.4 Å². The lowest BCUT2D eigenvalue weighted by molar-refractivity contribution is -0.117. The van der Waals surface area contributed by atoms with Crippen LogP contribution in [0.5, 0.6) is 0 Å². The molecule has 7 nitrogen and oxygen atoms in total. The molecule has 2 amide bonds. The van der Waals surface area contributed by atoms with Crippen molar-refractivity contribution in [2.75, 3.05) is 10.6 Å². The van der Waals surface area contributed by atoms with Crippen LogP contribution in [0, 0.1) is 12.8 Å². The molecule has 0 saturated heterocycles. The molecule has 1 saturated carbocycles. The summed E-state index contributed by atoms with van der Waals surface area (Å²) in [5, 5.41) is 6.17. The number of anilines is 2. The Bertz CT molecular complexity index is 1130. The molecule has 2 N–H and O–H groups in total. The lowest BCUT2D eigenvalue weighted by atomic mass is 10.2. The first kappa shape index (κ1) is 17.4. The fraction of sp³-hybridized carbons (Fsp3) is 0.263. The monoisotopic (exact) mass is 382 g/mol. The third-order valence-electron chi connectivity index (χ3n) is 4.55. The number of carbonyl (C=O) groups is 2. The van der Waals surface area contributed by atoms with Crippen LogP contribution in [-0.4, -0.2) is 21.4 Å². The summed E-state index contributed by atoms with van der Waals surface area (Å²) >= 11 is 1.19. The molecule has 0 spiro atoms. The predicted octanol–water partition coefficient (Wildman–Crippen LogP) is 2.90. The molecular formula is C19H18N4O3S. The van der Waals surface area contributed by atoms with E-state index in [-0.39, 0.29) is 23.3 Å². The second-order valence-corrected chi connectivity index (χ2v) is 7.69. The number of hydrogen-bond acceptors (Lipinski definition) is 5. The molecule has 0 bridgehead atoms. The second-order valence-electron chi connectivity index (χ2n) is 6.70. The number of fused-ring (bicyclic) bond motifs is 1. The Hall–Kier alpha value is -3.00. The minimum Gasteiger partial charge on any atom is -0.326 e. The normalized spacial score (nSPS) is 13.6. The molecule has 0 aliphatic heterocycles. The number of nitrogens with zero attached hydrogens (tertiary/aromatic N) is 2. The van der Waals surface area contributed by atoms with E-state index in [0.717, 1.165) is 12.8 Å². The topological polar surface area (TPSA) is 93.1 Å². The van der Waals surface area contributed by atoms with E-state index in [2.05, 4.69) is 15.6 Å². The van der Waals surface area contributed by atoms with Crippen LogP contribution < -0.4 is 16.2 Å². The van der Waals surface area contributed by atoms with Gasteiger partial charge < -0.3 is 15.2 Å². The van der Waals surface area contributed by atoms with Crippen molar-refractivity contribution in [1.29, 1.82) is 0 Å². The van der Waals surface area contributed by atoms with Crippen molar-refractivity contribution in [2.45, 2.75) is 19.8 Å². The van der Waals surface area contributed by atoms with Gasteiger partial charge in [-0.15, -0.1) is 11.3 Å². The SMILES string of the molecule is Cc1c(C(=O)Nc2cccc(NC(=O)C3CC3)c2)sc2ncn(C)c(=O)c12. The maximum absolute atomic E-state index is 12.7. The van der Waals surface area contributed by atoms with Crippen LogP contribution in [0.15, 0.2) is 35.4 Å². The zero-order valence-electron chi connectivity index (χ0n) is 14.9. The number of aryl methyl sites for hydroxylation is 2. The first-order chi connectivity index (χ1) is 12.9. The average Bonchev–Trinajstić information content (AvgIpc) is 3.42. The highest BCUT2D eigenvalue weighted by Crippen LogP contribution is 2.31. The van der Waals surface area contributed by atoms with Crippen molar-refractivity contribution in [3.8, 4) is 0 Å². The molecule has 2 aromatic heterocycles. The Morgan fingerprint density at radius 2 is 1.93 bits per heavy atom. The lowest BCUT2D eigenvalue weighted by Gasteiger charge is -2.08. The largest absolute Gasteiger partial charge is 0.326 e. The molecule has 1 aliphatic rings. The van der Waals surface area contributed by atoms with Gasteiger partial charge in [0.25, 0.3) is 11.5 Å². The Morgan fingerprint density at radius 1 is 1.22 bits per heavy atom. The summed E-state index contributed by atoms with van der Waals surface area (Å²) in [5.74, 6) is -0.177. The summed E-state index contributed by atoms with van der Waals surface area (Å²) in [4.78, 5) is 42.2. The van der Waals surface area contributed by atoms with Crippen molar-refractivity contribution in [1.82, 2.24) is 9.55 Å². The molecule has 1 aromatic carbocycles. The maximum Gasteiger partial charge on any atom is 0.266 e. The van der Waals surface area contributed by atoms with Crippen molar-refractivity contribution in [2.24, 2.45) is 13.0 Å². The zero-order chi connectivity index (χ0) is 19.1. The van der Waals surface area contributed by atoms with Crippen molar-refractivity contribution in [3.05, 3.63) is 51.4 Å². The summed E-state index contributed by atoms with van der Waals surface area (Å²) in [5.41, 5.74) is 1.68. The Kier molecular flexibility index (Phi) is 4.27. The van der Waals surface area contributed by atoms with E-state index in [9.17, 15) is 14.4 Å². The van der Waals surface area contributed by atoms with E-state index in [4.69, 9.17) is 0 Å². The number of aromatic nitrogens is 2. The van der Waals surface area contributed by atoms with Gasteiger partial charge in [0.15, 0.2) is 0 Å². The first-order valence-electron chi connectivity index (χ1n) is 8.61. The third kappa shape index (κ3) is 3.35. The number of rotatable bonds is 4. The van der Waals surface area contributed by atoms with Gasteiger partial charge in [-0.1, -0.05) is 6.07 Å². The van der Waals surface area contributed by atoms with Gasteiger partial charge in [-0.2, -0.15) is 0 Å². The molecule has 138 valence electrons. The highest BCUT2D eigenvalue weighted by Gasteiger charge is 2.29.